The molecule has 0 aliphatic carbocycles. The van der Waals surface area contributed by atoms with E-state index in [0.717, 1.165) is 25.1 Å². The highest BCUT2D eigenvalue weighted by Gasteiger charge is 2.14. The van der Waals surface area contributed by atoms with Crippen LogP contribution in [0, 0.1) is 6.92 Å². The Kier molecular flexibility index (Phi) is 6.27. The normalized spacial score (nSPS) is 12.4. The van der Waals surface area contributed by atoms with E-state index in [1.54, 1.807) is 18.4 Å². The fraction of sp³-hybridized carbons (Fsp3) is 0.412. The molecule has 0 amide bonds. The van der Waals surface area contributed by atoms with Gasteiger partial charge in [0, 0.05) is 27.2 Å². The number of benzene rings is 1. The van der Waals surface area contributed by atoms with Crippen LogP contribution in [0.2, 0.25) is 0 Å². The van der Waals surface area contributed by atoms with Gasteiger partial charge in [-0.2, -0.15) is 0 Å². The molecule has 2 nitrogen and oxygen atoms in total. The highest BCUT2D eigenvalue weighted by Crippen LogP contribution is 2.28. The zero-order valence-electron chi connectivity index (χ0n) is 12.8. The van der Waals surface area contributed by atoms with E-state index in [1.807, 2.05) is 0 Å². The zero-order chi connectivity index (χ0) is 15.2. The summed E-state index contributed by atoms with van der Waals surface area (Å²) in [7, 11) is 1.73. The second kappa shape index (κ2) is 7.97. The van der Waals surface area contributed by atoms with Crippen LogP contribution < -0.4 is 10.1 Å². The van der Waals surface area contributed by atoms with Gasteiger partial charge in [0.05, 0.1) is 7.11 Å². The summed E-state index contributed by atoms with van der Waals surface area (Å²) in [6.45, 7) is 5.29. The molecule has 1 unspecified atom stereocenters. The molecule has 0 aliphatic heterocycles. The van der Waals surface area contributed by atoms with Crippen molar-refractivity contribution in [1.29, 1.82) is 0 Å². The van der Waals surface area contributed by atoms with Crippen molar-refractivity contribution in [3.8, 4) is 5.75 Å². The number of halogens is 1. The van der Waals surface area contributed by atoms with Gasteiger partial charge < -0.3 is 10.1 Å². The number of hydrogen-bond donors (Lipinski definition) is 1. The second-order valence-corrected chi connectivity index (χ2v) is 7.08. The molecule has 0 aliphatic rings. The quantitative estimate of drug-likeness (QED) is 0.733. The van der Waals surface area contributed by atoms with Gasteiger partial charge in [0.2, 0.25) is 0 Å². The summed E-state index contributed by atoms with van der Waals surface area (Å²) in [4.78, 5) is 1.38. The van der Waals surface area contributed by atoms with Crippen LogP contribution in [0.25, 0.3) is 0 Å². The minimum Gasteiger partial charge on any atom is -0.496 e. The molecular formula is C17H22BrNOS. The predicted molar refractivity (Wildman–Crippen MR) is 94.5 cm³/mol. The van der Waals surface area contributed by atoms with E-state index in [0.29, 0.717) is 6.04 Å². The Morgan fingerprint density at radius 2 is 2.14 bits per heavy atom. The van der Waals surface area contributed by atoms with Crippen molar-refractivity contribution in [1.82, 2.24) is 5.32 Å². The first kappa shape index (κ1) is 16.5. The maximum atomic E-state index is 5.46. The van der Waals surface area contributed by atoms with Crippen molar-refractivity contribution in [3.05, 3.63) is 50.1 Å². The highest BCUT2D eigenvalue weighted by atomic mass is 79.9. The number of rotatable bonds is 7. The molecule has 2 rings (SSSR count). The van der Waals surface area contributed by atoms with E-state index in [4.69, 9.17) is 4.74 Å². The first-order valence-corrected chi connectivity index (χ1v) is 8.92. The van der Waals surface area contributed by atoms with Crippen LogP contribution in [0.4, 0.5) is 0 Å². The number of thiophene rings is 1. The van der Waals surface area contributed by atoms with Crippen molar-refractivity contribution in [2.24, 2.45) is 0 Å². The SMILES string of the molecule is CCCNC(Cc1cc(Br)cs1)c1ccc(C)c(OC)c1. The Bertz CT molecular complexity index is 582. The van der Waals surface area contributed by atoms with Crippen LogP contribution in [0.15, 0.2) is 34.1 Å². The molecule has 2 aromatic rings. The standard InChI is InChI=1S/C17H22BrNOS/c1-4-7-19-16(10-15-9-14(18)11-21-15)13-6-5-12(2)17(8-13)20-3/h5-6,8-9,11,16,19H,4,7,10H2,1-3H3. The van der Waals surface area contributed by atoms with Crippen LogP contribution >= 0.6 is 27.3 Å². The minimum atomic E-state index is 0.324. The third-order valence-corrected chi connectivity index (χ3v) is 5.22. The van der Waals surface area contributed by atoms with Crippen LogP contribution in [-0.4, -0.2) is 13.7 Å². The number of hydrogen-bond acceptors (Lipinski definition) is 3. The maximum absolute atomic E-state index is 5.46. The lowest BCUT2D eigenvalue weighted by molar-refractivity contribution is 0.409. The van der Waals surface area contributed by atoms with Gasteiger partial charge in [-0.05, 0) is 59.1 Å². The Morgan fingerprint density at radius 1 is 1.33 bits per heavy atom. The van der Waals surface area contributed by atoms with E-state index < -0.39 is 0 Å². The monoisotopic (exact) mass is 367 g/mol. The molecule has 4 heteroatoms. The molecule has 0 radical (unpaired) electrons. The topological polar surface area (TPSA) is 21.3 Å². The predicted octanol–water partition coefficient (Wildman–Crippen LogP) is 5.11. The van der Waals surface area contributed by atoms with E-state index in [-0.39, 0.29) is 0 Å². The van der Waals surface area contributed by atoms with Crippen LogP contribution in [0.3, 0.4) is 0 Å². The summed E-state index contributed by atoms with van der Waals surface area (Å²) in [5, 5.41) is 5.79. The number of ether oxygens (including phenoxy) is 1. The van der Waals surface area contributed by atoms with Crippen molar-refractivity contribution < 1.29 is 4.74 Å². The van der Waals surface area contributed by atoms with Gasteiger partial charge in [0.15, 0.2) is 0 Å². The summed E-state index contributed by atoms with van der Waals surface area (Å²) in [6.07, 6.45) is 2.14. The lowest BCUT2D eigenvalue weighted by atomic mass is 10.0. The van der Waals surface area contributed by atoms with Gasteiger partial charge >= 0.3 is 0 Å². The largest absolute Gasteiger partial charge is 0.496 e. The molecule has 0 saturated carbocycles. The van der Waals surface area contributed by atoms with Crippen molar-refractivity contribution in [2.45, 2.75) is 32.7 Å². The Morgan fingerprint density at radius 3 is 2.76 bits per heavy atom. The van der Waals surface area contributed by atoms with Gasteiger partial charge in [0.25, 0.3) is 0 Å². The molecule has 114 valence electrons. The molecule has 1 atom stereocenters. The molecule has 1 heterocycles. The average molecular weight is 368 g/mol. The first-order chi connectivity index (χ1) is 10.1. The second-order valence-electron chi connectivity index (χ2n) is 5.17. The van der Waals surface area contributed by atoms with E-state index in [1.165, 1.54) is 20.5 Å². The third kappa shape index (κ3) is 4.56. The molecule has 1 N–H and O–H groups in total. The van der Waals surface area contributed by atoms with Crippen molar-refractivity contribution in [2.75, 3.05) is 13.7 Å². The summed E-state index contributed by atoms with van der Waals surface area (Å²) in [5.41, 5.74) is 2.46. The smallest absolute Gasteiger partial charge is 0.122 e. The maximum Gasteiger partial charge on any atom is 0.122 e. The van der Waals surface area contributed by atoms with Crippen molar-refractivity contribution >= 4 is 27.3 Å². The van der Waals surface area contributed by atoms with Gasteiger partial charge in [0.1, 0.15) is 5.75 Å². The first-order valence-electron chi connectivity index (χ1n) is 7.25. The summed E-state index contributed by atoms with van der Waals surface area (Å²) < 4.78 is 6.63. The van der Waals surface area contributed by atoms with E-state index >= 15 is 0 Å². The van der Waals surface area contributed by atoms with E-state index in [2.05, 4.69) is 64.7 Å². The third-order valence-electron chi connectivity index (χ3n) is 3.50. The molecule has 0 spiro atoms. The fourth-order valence-electron chi connectivity index (χ4n) is 2.34. The van der Waals surface area contributed by atoms with Gasteiger partial charge in [-0.1, -0.05) is 19.1 Å². The Labute approximate surface area is 139 Å². The van der Waals surface area contributed by atoms with Gasteiger partial charge in [-0.3, -0.25) is 0 Å². The summed E-state index contributed by atoms with van der Waals surface area (Å²) in [6, 6.07) is 9.03. The molecule has 0 bridgehead atoms. The Hall–Kier alpha value is -0.840. The van der Waals surface area contributed by atoms with Gasteiger partial charge in [-0.15, -0.1) is 11.3 Å². The molecule has 1 aromatic carbocycles. The van der Waals surface area contributed by atoms with Crippen LogP contribution in [-0.2, 0) is 6.42 Å². The molecule has 0 saturated heterocycles. The summed E-state index contributed by atoms with van der Waals surface area (Å²) in [5.74, 6) is 0.961. The number of aryl methyl sites for hydroxylation is 1. The molecule has 21 heavy (non-hydrogen) atoms. The van der Waals surface area contributed by atoms with Crippen LogP contribution in [0.5, 0.6) is 5.75 Å². The summed E-state index contributed by atoms with van der Waals surface area (Å²) >= 11 is 5.33. The fourth-order valence-corrected chi connectivity index (χ4v) is 3.84. The minimum absolute atomic E-state index is 0.324. The van der Waals surface area contributed by atoms with Gasteiger partial charge in [-0.25, -0.2) is 0 Å². The molecule has 1 aromatic heterocycles. The lowest BCUT2D eigenvalue weighted by Crippen LogP contribution is -2.23. The molecule has 0 fully saturated rings. The zero-order valence-corrected chi connectivity index (χ0v) is 15.2. The van der Waals surface area contributed by atoms with Crippen LogP contribution in [0.1, 0.15) is 35.4 Å². The highest BCUT2D eigenvalue weighted by molar-refractivity contribution is 9.10. The number of methoxy groups -OCH3 is 1. The lowest BCUT2D eigenvalue weighted by Gasteiger charge is -2.19. The van der Waals surface area contributed by atoms with E-state index in [9.17, 15) is 0 Å². The molecular weight excluding hydrogens is 346 g/mol. The van der Waals surface area contributed by atoms with Crippen molar-refractivity contribution in [3.63, 3.8) is 0 Å². The Balaban J connectivity index is 2.22. The average Bonchev–Trinajstić information content (AvgIpc) is 2.89. The number of nitrogens with one attached hydrogen (secondary N) is 1.